The Balaban J connectivity index is 1.80. The lowest BCUT2D eigenvalue weighted by Gasteiger charge is -2.15. The van der Waals surface area contributed by atoms with E-state index in [9.17, 15) is 16.8 Å². The third kappa shape index (κ3) is 3.92. The highest BCUT2D eigenvalue weighted by molar-refractivity contribution is 7.92. The molecule has 1 aliphatic rings. The van der Waals surface area contributed by atoms with Gasteiger partial charge in [0.15, 0.2) is 0 Å². The second-order valence-electron chi connectivity index (χ2n) is 6.24. The highest BCUT2D eigenvalue weighted by Gasteiger charge is 2.27. The third-order valence-corrected chi connectivity index (χ3v) is 7.76. The predicted octanol–water partition coefficient (Wildman–Crippen LogP) is 2.83. The van der Waals surface area contributed by atoms with Crippen LogP contribution in [0.5, 0.6) is 0 Å². The number of benzene rings is 2. The van der Waals surface area contributed by atoms with Gasteiger partial charge in [0.2, 0.25) is 10.0 Å². The number of rotatable bonds is 6. The molecule has 26 heavy (non-hydrogen) atoms. The van der Waals surface area contributed by atoms with Gasteiger partial charge in [-0.15, -0.1) is 0 Å². The molecule has 0 saturated carbocycles. The molecular formula is C18H22N2O4S2. The minimum Gasteiger partial charge on any atom is -0.280 e. The maximum absolute atomic E-state index is 12.5. The molecule has 1 fully saturated rings. The Labute approximate surface area is 155 Å². The topological polar surface area (TPSA) is 83.5 Å². The lowest BCUT2D eigenvalue weighted by molar-refractivity contribution is 0.477. The van der Waals surface area contributed by atoms with E-state index in [1.165, 1.54) is 28.6 Å². The molecule has 2 aromatic rings. The summed E-state index contributed by atoms with van der Waals surface area (Å²) in [4.78, 5) is 0.142. The summed E-state index contributed by atoms with van der Waals surface area (Å²) in [7, 11) is -7.32. The van der Waals surface area contributed by atoms with E-state index in [2.05, 4.69) is 4.72 Å². The standard InChI is InChI=1S/C18H22N2O4S2/c1-2-15-5-7-16(8-6-15)19-25(21,22)17-9-11-18(12-10-17)26(23,24)20-13-3-4-14-20/h5-12,19H,2-4,13-14H2,1H3. The Morgan fingerprint density at radius 1 is 0.846 bits per heavy atom. The predicted molar refractivity (Wildman–Crippen MR) is 101 cm³/mol. The van der Waals surface area contributed by atoms with Gasteiger partial charge in [0, 0.05) is 18.8 Å². The van der Waals surface area contributed by atoms with Crippen LogP contribution in [-0.2, 0) is 26.5 Å². The molecule has 0 atom stereocenters. The van der Waals surface area contributed by atoms with Crippen LogP contribution in [0.4, 0.5) is 5.69 Å². The molecular weight excluding hydrogens is 372 g/mol. The zero-order valence-corrected chi connectivity index (χ0v) is 16.2. The van der Waals surface area contributed by atoms with Gasteiger partial charge in [-0.2, -0.15) is 4.31 Å². The molecule has 2 aromatic carbocycles. The van der Waals surface area contributed by atoms with Gasteiger partial charge in [-0.25, -0.2) is 16.8 Å². The van der Waals surface area contributed by atoms with Gasteiger partial charge >= 0.3 is 0 Å². The van der Waals surface area contributed by atoms with Crippen LogP contribution in [0.3, 0.4) is 0 Å². The molecule has 140 valence electrons. The third-order valence-electron chi connectivity index (χ3n) is 4.45. The van der Waals surface area contributed by atoms with Crippen LogP contribution in [0.1, 0.15) is 25.3 Å². The van der Waals surface area contributed by atoms with Crippen LogP contribution < -0.4 is 4.72 Å². The SMILES string of the molecule is CCc1ccc(NS(=O)(=O)c2ccc(S(=O)(=O)N3CCCC3)cc2)cc1. The minimum atomic E-state index is -3.77. The van der Waals surface area contributed by atoms with E-state index in [-0.39, 0.29) is 9.79 Å². The van der Waals surface area contributed by atoms with Crippen molar-refractivity contribution < 1.29 is 16.8 Å². The molecule has 1 aliphatic heterocycles. The number of aryl methyl sites for hydroxylation is 1. The molecule has 1 heterocycles. The summed E-state index contributed by atoms with van der Waals surface area (Å²) < 4.78 is 54.0. The lowest BCUT2D eigenvalue weighted by Crippen LogP contribution is -2.27. The van der Waals surface area contributed by atoms with Gasteiger partial charge in [-0.1, -0.05) is 19.1 Å². The monoisotopic (exact) mass is 394 g/mol. The van der Waals surface area contributed by atoms with Crippen molar-refractivity contribution in [3.63, 3.8) is 0 Å². The molecule has 0 aromatic heterocycles. The highest BCUT2D eigenvalue weighted by atomic mass is 32.2. The quantitative estimate of drug-likeness (QED) is 0.817. The van der Waals surface area contributed by atoms with Crippen LogP contribution >= 0.6 is 0 Å². The maximum atomic E-state index is 12.5. The maximum Gasteiger partial charge on any atom is 0.261 e. The van der Waals surface area contributed by atoms with Crippen molar-refractivity contribution in [2.24, 2.45) is 0 Å². The number of sulfonamides is 2. The first-order valence-corrected chi connectivity index (χ1v) is 11.5. The molecule has 0 spiro atoms. The first-order chi connectivity index (χ1) is 12.3. The summed E-state index contributed by atoms with van der Waals surface area (Å²) in [6, 6.07) is 12.5. The Bertz CT molecular complexity index is 961. The first-order valence-electron chi connectivity index (χ1n) is 8.55. The molecule has 3 rings (SSSR count). The number of hydrogen-bond donors (Lipinski definition) is 1. The van der Waals surface area contributed by atoms with Crippen LogP contribution in [-0.4, -0.2) is 34.2 Å². The van der Waals surface area contributed by atoms with E-state index in [0.29, 0.717) is 18.8 Å². The number of anilines is 1. The van der Waals surface area contributed by atoms with Gasteiger partial charge in [0.05, 0.1) is 9.79 Å². The van der Waals surface area contributed by atoms with Gasteiger partial charge in [0.25, 0.3) is 10.0 Å². The Morgan fingerprint density at radius 3 is 1.92 bits per heavy atom. The van der Waals surface area contributed by atoms with Crippen molar-refractivity contribution in [1.29, 1.82) is 0 Å². The molecule has 0 aliphatic carbocycles. The molecule has 0 radical (unpaired) electrons. The summed E-state index contributed by atoms with van der Waals surface area (Å²) in [5.74, 6) is 0. The van der Waals surface area contributed by atoms with Crippen LogP contribution in [0.25, 0.3) is 0 Å². The Hall–Kier alpha value is -1.90. The number of hydrogen-bond acceptors (Lipinski definition) is 4. The van der Waals surface area contributed by atoms with E-state index < -0.39 is 20.0 Å². The Morgan fingerprint density at radius 2 is 1.38 bits per heavy atom. The molecule has 1 saturated heterocycles. The van der Waals surface area contributed by atoms with Crippen molar-refractivity contribution >= 4 is 25.7 Å². The van der Waals surface area contributed by atoms with E-state index in [1.807, 2.05) is 19.1 Å². The molecule has 0 amide bonds. The molecule has 6 nitrogen and oxygen atoms in total. The van der Waals surface area contributed by atoms with Gasteiger partial charge in [-0.05, 0) is 61.2 Å². The molecule has 0 bridgehead atoms. The highest BCUT2D eigenvalue weighted by Crippen LogP contribution is 2.23. The lowest BCUT2D eigenvalue weighted by atomic mass is 10.2. The van der Waals surface area contributed by atoms with E-state index in [4.69, 9.17) is 0 Å². The van der Waals surface area contributed by atoms with E-state index in [0.717, 1.165) is 24.8 Å². The molecule has 0 unspecified atom stereocenters. The second kappa shape index (κ2) is 7.38. The summed E-state index contributed by atoms with van der Waals surface area (Å²) >= 11 is 0. The average Bonchev–Trinajstić information content (AvgIpc) is 3.18. The van der Waals surface area contributed by atoms with Gasteiger partial charge in [-0.3, -0.25) is 4.72 Å². The fourth-order valence-corrected chi connectivity index (χ4v) is 5.47. The van der Waals surface area contributed by atoms with Crippen molar-refractivity contribution in [1.82, 2.24) is 4.31 Å². The van der Waals surface area contributed by atoms with Gasteiger partial charge in [0.1, 0.15) is 0 Å². The summed E-state index contributed by atoms with van der Waals surface area (Å²) in [6.07, 6.45) is 2.58. The first kappa shape index (κ1) is 18.9. The number of nitrogens with one attached hydrogen (secondary N) is 1. The zero-order chi connectivity index (χ0) is 18.8. The zero-order valence-electron chi connectivity index (χ0n) is 14.6. The fourth-order valence-electron chi connectivity index (χ4n) is 2.89. The van der Waals surface area contributed by atoms with Crippen molar-refractivity contribution in [2.75, 3.05) is 17.8 Å². The van der Waals surface area contributed by atoms with Crippen molar-refractivity contribution in [3.05, 3.63) is 54.1 Å². The van der Waals surface area contributed by atoms with Gasteiger partial charge < -0.3 is 0 Å². The number of nitrogens with zero attached hydrogens (tertiary/aromatic N) is 1. The van der Waals surface area contributed by atoms with Crippen molar-refractivity contribution in [3.8, 4) is 0 Å². The molecule has 8 heteroatoms. The Kier molecular flexibility index (Phi) is 5.36. The smallest absolute Gasteiger partial charge is 0.261 e. The second-order valence-corrected chi connectivity index (χ2v) is 9.86. The normalized spacial score (nSPS) is 15.9. The fraction of sp³-hybridized carbons (Fsp3) is 0.333. The van der Waals surface area contributed by atoms with Crippen LogP contribution in [0.2, 0.25) is 0 Å². The van der Waals surface area contributed by atoms with E-state index in [1.54, 1.807) is 12.1 Å². The summed E-state index contributed by atoms with van der Waals surface area (Å²) in [5.41, 5.74) is 1.58. The van der Waals surface area contributed by atoms with Crippen LogP contribution in [0.15, 0.2) is 58.3 Å². The average molecular weight is 395 g/mol. The minimum absolute atomic E-state index is 0.0254. The summed E-state index contributed by atoms with van der Waals surface area (Å²) in [5, 5.41) is 0. The van der Waals surface area contributed by atoms with E-state index >= 15 is 0 Å². The van der Waals surface area contributed by atoms with Crippen LogP contribution in [0, 0.1) is 0 Å². The summed E-state index contributed by atoms with van der Waals surface area (Å²) in [6.45, 7) is 3.05. The largest absolute Gasteiger partial charge is 0.280 e. The van der Waals surface area contributed by atoms with Crippen molar-refractivity contribution in [2.45, 2.75) is 36.0 Å². The molecule has 1 N–H and O–H groups in total.